The average molecular weight is 377 g/mol. The van der Waals surface area contributed by atoms with Gasteiger partial charge in [0.2, 0.25) is 0 Å². The van der Waals surface area contributed by atoms with Crippen LogP contribution in [-0.2, 0) is 12.0 Å². The summed E-state index contributed by atoms with van der Waals surface area (Å²) >= 11 is 6.14. The molecule has 0 saturated heterocycles. The van der Waals surface area contributed by atoms with Crippen molar-refractivity contribution in [3.63, 3.8) is 0 Å². The number of nitrogens with zero attached hydrogens (tertiary/aromatic N) is 3. The maximum absolute atomic E-state index is 13.7. The SMILES string of the molecule is Nc1ccc(Cl)cc1-c1cnc2c(c1)CCC21c2nc3ccc(F)cc3n21. The minimum Gasteiger partial charge on any atom is -0.398 e. The van der Waals surface area contributed by atoms with Crippen LogP contribution < -0.4 is 5.73 Å². The number of aromatic nitrogens is 3. The molecule has 2 aliphatic rings. The lowest BCUT2D eigenvalue weighted by molar-refractivity contribution is 0.604. The smallest absolute Gasteiger partial charge is 0.147 e. The molecule has 2 N–H and O–H groups in total. The van der Waals surface area contributed by atoms with Crippen molar-refractivity contribution in [2.24, 2.45) is 0 Å². The standard InChI is InChI=1S/C21H14ClFN4/c22-13-1-3-16(24)15(8-13)12-7-11-5-6-21(19(11)25-10-12)20-26-17-4-2-14(23)9-18(17)27(20)21/h1-4,7-10H,5-6,24H2. The molecule has 1 aliphatic heterocycles. The third kappa shape index (κ3) is 1.87. The zero-order chi connectivity index (χ0) is 18.3. The number of pyridine rings is 1. The van der Waals surface area contributed by atoms with Crippen molar-refractivity contribution in [1.29, 1.82) is 0 Å². The lowest BCUT2D eigenvalue weighted by Gasteiger charge is -2.12. The van der Waals surface area contributed by atoms with Gasteiger partial charge >= 0.3 is 0 Å². The number of rotatable bonds is 1. The number of halogens is 2. The lowest BCUT2D eigenvalue weighted by Crippen LogP contribution is -2.13. The molecule has 1 atom stereocenters. The molecule has 6 rings (SSSR count). The van der Waals surface area contributed by atoms with Gasteiger partial charge in [-0.1, -0.05) is 11.6 Å². The zero-order valence-electron chi connectivity index (χ0n) is 14.2. The van der Waals surface area contributed by atoms with Gasteiger partial charge < -0.3 is 10.3 Å². The molecule has 1 aliphatic carbocycles. The Labute approximate surface area is 159 Å². The van der Waals surface area contributed by atoms with Crippen molar-refractivity contribution in [3.8, 4) is 11.1 Å². The van der Waals surface area contributed by atoms with Crippen LogP contribution in [0.2, 0.25) is 5.02 Å². The van der Waals surface area contributed by atoms with E-state index in [1.165, 1.54) is 11.6 Å². The molecule has 3 heterocycles. The van der Waals surface area contributed by atoms with Gasteiger partial charge in [0, 0.05) is 28.0 Å². The summed E-state index contributed by atoms with van der Waals surface area (Å²) in [4.78, 5) is 9.49. The van der Waals surface area contributed by atoms with E-state index in [9.17, 15) is 4.39 Å². The summed E-state index contributed by atoms with van der Waals surface area (Å²) in [6, 6.07) is 12.3. The lowest BCUT2D eigenvalue weighted by atomic mass is 10.0. The summed E-state index contributed by atoms with van der Waals surface area (Å²) in [5, 5.41) is 0.645. The van der Waals surface area contributed by atoms with E-state index in [2.05, 4.69) is 10.6 Å². The summed E-state index contributed by atoms with van der Waals surface area (Å²) < 4.78 is 15.8. The highest BCUT2D eigenvalue weighted by Crippen LogP contribution is 2.56. The molecule has 0 bridgehead atoms. The average Bonchev–Trinajstić information content (AvgIpc) is 2.94. The molecule has 1 spiro atoms. The van der Waals surface area contributed by atoms with Gasteiger partial charge in [-0.25, -0.2) is 9.37 Å². The molecule has 4 nitrogen and oxygen atoms in total. The Kier molecular flexibility index (Phi) is 2.73. The molecule has 2 aromatic heterocycles. The first-order valence-corrected chi connectivity index (χ1v) is 9.19. The van der Waals surface area contributed by atoms with Crippen LogP contribution in [0.3, 0.4) is 0 Å². The van der Waals surface area contributed by atoms with E-state index in [1.54, 1.807) is 18.2 Å². The number of imidazole rings is 1. The second-order valence-corrected chi connectivity index (χ2v) is 7.66. The number of nitrogens with two attached hydrogens (primary N) is 1. The molecule has 132 valence electrons. The van der Waals surface area contributed by atoms with Gasteiger partial charge in [-0.3, -0.25) is 4.98 Å². The largest absolute Gasteiger partial charge is 0.398 e. The number of aryl methyl sites for hydroxylation is 1. The summed E-state index contributed by atoms with van der Waals surface area (Å²) in [5.74, 6) is 0.731. The van der Waals surface area contributed by atoms with Crippen molar-refractivity contribution in [2.45, 2.75) is 18.4 Å². The first-order chi connectivity index (χ1) is 13.1. The third-order valence-electron chi connectivity index (χ3n) is 5.76. The van der Waals surface area contributed by atoms with Crippen molar-refractivity contribution in [3.05, 3.63) is 76.6 Å². The topological polar surface area (TPSA) is 56.7 Å². The van der Waals surface area contributed by atoms with Crippen molar-refractivity contribution in [1.82, 2.24) is 14.5 Å². The molecule has 2 aromatic carbocycles. The highest BCUT2D eigenvalue weighted by molar-refractivity contribution is 6.31. The van der Waals surface area contributed by atoms with Gasteiger partial charge in [-0.05, 0) is 60.9 Å². The first kappa shape index (κ1) is 15.2. The molecule has 4 aromatic rings. The van der Waals surface area contributed by atoms with Crippen molar-refractivity contribution >= 4 is 28.3 Å². The van der Waals surface area contributed by atoms with Crippen LogP contribution in [0.4, 0.5) is 10.1 Å². The van der Waals surface area contributed by atoms with Crippen LogP contribution in [0, 0.1) is 5.82 Å². The zero-order valence-corrected chi connectivity index (χ0v) is 15.0. The number of hydrogen-bond donors (Lipinski definition) is 1. The van der Waals surface area contributed by atoms with Gasteiger partial charge in [-0.2, -0.15) is 0 Å². The van der Waals surface area contributed by atoms with E-state index in [0.29, 0.717) is 10.7 Å². The van der Waals surface area contributed by atoms with Crippen LogP contribution in [0.5, 0.6) is 0 Å². The molecule has 0 amide bonds. The summed E-state index contributed by atoms with van der Waals surface area (Å²) in [5.41, 5.74) is 12.2. The second-order valence-electron chi connectivity index (χ2n) is 7.23. The third-order valence-corrected chi connectivity index (χ3v) is 5.99. The fourth-order valence-corrected chi connectivity index (χ4v) is 4.66. The Morgan fingerprint density at radius 1 is 1.15 bits per heavy atom. The van der Waals surface area contributed by atoms with Gasteiger partial charge in [0.1, 0.15) is 17.2 Å². The van der Waals surface area contributed by atoms with E-state index in [0.717, 1.165) is 46.5 Å². The maximum atomic E-state index is 13.7. The monoisotopic (exact) mass is 376 g/mol. The van der Waals surface area contributed by atoms with Crippen LogP contribution in [0.15, 0.2) is 48.7 Å². The fraction of sp³-hybridized carbons (Fsp3) is 0.143. The maximum Gasteiger partial charge on any atom is 0.147 e. The van der Waals surface area contributed by atoms with Crippen LogP contribution in [0.25, 0.3) is 22.2 Å². The Bertz CT molecular complexity index is 1280. The molecule has 27 heavy (non-hydrogen) atoms. The van der Waals surface area contributed by atoms with Gasteiger partial charge in [0.25, 0.3) is 0 Å². The molecule has 0 radical (unpaired) electrons. The van der Waals surface area contributed by atoms with Crippen LogP contribution >= 0.6 is 11.6 Å². The summed E-state index contributed by atoms with van der Waals surface area (Å²) in [7, 11) is 0. The number of benzene rings is 2. The minimum absolute atomic E-state index is 0.245. The van der Waals surface area contributed by atoms with E-state index in [1.807, 2.05) is 18.3 Å². The second kappa shape index (κ2) is 4.87. The van der Waals surface area contributed by atoms with E-state index < -0.39 is 0 Å². The Balaban J connectivity index is 1.47. The van der Waals surface area contributed by atoms with E-state index >= 15 is 0 Å². The molecule has 0 fully saturated rings. The Hall–Kier alpha value is -2.92. The number of fused-ring (bicyclic) bond motifs is 7. The van der Waals surface area contributed by atoms with Crippen LogP contribution in [0.1, 0.15) is 23.5 Å². The molecular formula is C21H14ClFN4. The van der Waals surface area contributed by atoms with Crippen molar-refractivity contribution in [2.75, 3.05) is 5.73 Å². The highest BCUT2D eigenvalue weighted by Gasteiger charge is 2.59. The van der Waals surface area contributed by atoms with E-state index in [-0.39, 0.29) is 11.4 Å². The predicted octanol–water partition coefficient (Wildman–Crippen LogP) is 4.52. The normalized spacial score (nSPS) is 19.5. The molecule has 1 unspecified atom stereocenters. The van der Waals surface area contributed by atoms with Gasteiger partial charge in [0.05, 0.1) is 16.7 Å². The quantitative estimate of drug-likeness (QED) is 0.497. The number of anilines is 1. The van der Waals surface area contributed by atoms with E-state index in [4.69, 9.17) is 27.3 Å². The number of nitrogen functional groups attached to an aromatic ring is 1. The fourth-order valence-electron chi connectivity index (χ4n) is 4.49. The Morgan fingerprint density at radius 2 is 2.04 bits per heavy atom. The number of hydrogen-bond acceptors (Lipinski definition) is 3. The van der Waals surface area contributed by atoms with Crippen LogP contribution in [-0.4, -0.2) is 14.5 Å². The van der Waals surface area contributed by atoms with Gasteiger partial charge in [0.15, 0.2) is 0 Å². The molecule has 0 saturated carbocycles. The summed E-state index contributed by atoms with van der Waals surface area (Å²) in [6.07, 6.45) is 3.64. The molecular weight excluding hydrogens is 363 g/mol. The minimum atomic E-state index is -0.297. The predicted molar refractivity (Wildman–Crippen MR) is 103 cm³/mol. The Morgan fingerprint density at radius 3 is 2.93 bits per heavy atom. The summed E-state index contributed by atoms with van der Waals surface area (Å²) in [6.45, 7) is 0. The van der Waals surface area contributed by atoms with Gasteiger partial charge in [-0.15, -0.1) is 0 Å². The molecule has 6 heteroatoms. The van der Waals surface area contributed by atoms with Crippen molar-refractivity contribution < 1.29 is 4.39 Å². The highest BCUT2D eigenvalue weighted by atomic mass is 35.5. The first-order valence-electron chi connectivity index (χ1n) is 8.82.